The second-order valence-corrected chi connectivity index (χ2v) is 7.33. The van der Waals surface area contributed by atoms with Crippen LogP contribution in [0.1, 0.15) is 32.3 Å². The molecule has 1 fully saturated rings. The van der Waals surface area contributed by atoms with Crippen LogP contribution in [0.25, 0.3) is 5.70 Å². The standard InChI is InChI=1S/C16H24N2O2S/c1-4-11-17(5-2)14(3)15-7-9-16(10-8-15)18-12-6-13-21(18,19)20/h7-10H,3-6,11-13H2,1-2H3. The van der Waals surface area contributed by atoms with E-state index in [0.717, 1.165) is 36.5 Å². The molecular formula is C16H24N2O2S. The highest BCUT2D eigenvalue weighted by Crippen LogP contribution is 2.26. The minimum Gasteiger partial charge on any atom is -0.372 e. The summed E-state index contributed by atoms with van der Waals surface area (Å²) >= 11 is 0. The molecule has 0 unspecified atom stereocenters. The van der Waals surface area contributed by atoms with E-state index >= 15 is 0 Å². The summed E-state index contributed by atoms with van der Waals surface area (Å²) in [5.74, 6) is 0.252. The number of sulfonamides is 1. The molecule has 1 aliphatic heterocycles. The maximum Gasteiger partial charge on any atom is 0.235 e. The lowest BCUT2D eigenvalue weighted by Gasteiger charge is -2.25. The van der Waals surface area contributed by atoms with Crippen molar-refractivity contribution < 1.29 is 8.42 Å². The molecule has 0 aliphatic carbocycles. The first-order valence-electron chi connectivity index (χ1n) is 7.54. The molecular weight excluding hydrogens is 284 g/mol. The molecule has 0 radical (unpaired) electrons. The molecule has 116 valence electrons. The SMILES string of the molecule is C=C(c1ccc(N2CCCS2(=O)=O)cc1)N(CC)CCC. The Kier molecular flexibility index (Phi) is 4.93. The van der Waals surface area contributed by atoms with Crippen LogP contribution >= 0.6 is 0 Å². The van der Waals surface area contributed by atoms with Crippen LogP contribution < -0.4 is 4.31 Å². The largest absolute Gasteiger partial charge is 0.372 e. The van der Waals surface area contributed by atoms with E-state index in [-0.39, 0.29) is 5.75 Å². The molecule has 1 aromatic rings. The van der Waals surface area contributed by atoms with Gasteiger partial charge >= 0.3 is 0 Å². The summed E-state index contributed by atoms with van der Waals surface area (Å²) in [5.41, 5.74) is 2.79. The molecule has 1 aliphatic rings. The second-order valence-electron chi connectivity index (χ2n) is 5.31. The van der Waals surface area contributed by atoms with Gasteiger partial charge in [-0.15, -0.1) is 0 Å². The first kappa shape index (κ1) is 15.9. The molecule has 0 N–H and O–H groups in total. The Labute approximate surface area is 128 Å². The van der Waals surface area contributed by atoms with Crippen LogP contribution in [-0.4, -0.2) is 38.7 Å². The third-order valence-electron chi connectivity index (χ3n) is 3.84. The third kappa shape index (κ3) is 3.40. The van der Waals surface area contributed by atoms with Crippen LogP contribution in [-0.2, 0) is 10.0 Å². The molecule has 21 heavy (non-hydrogen) atoms. The van der Waals surface area contributed by atoms with Crippen molar-refractivity contribution in [2.24, 2.45) is 0 Å². The van der Waals surface area contributed by atoms with Gasteiger partial charge in [0.2, 0.25) is 10.0 Å². The van der Waals surface area contributed by atoms with Crippen molar-refractivity contribution in [2.45, 2.75) is 26.7 Å². The van der Waals surface area contributed by atoms with Crippen LogP contribution in [0.4, 0.5) is 5.69 Å². The van der Waals surface area contributed by atoms with Gasteiger partial charge in [0, 0.05) is 25.3 Å². The summed E-state index contributed by atoms with van der Waals surface area (Å²) in [5, 5.41) is 0. The van der Waals surface area contributed by atoms with Crippen molar-refractivity contribution >= 4 is 21.4 Å². The normalized spacial score (nSPS) is 17.0. The lowest BCUT2D eigenvalue weighted by atomic mass is 10.1. The van der Waals surface area contributed by atoms with Crippen molar-refractivity contribution in [1.82, 2.24) is 4.90 Å². The Bertz CT molecular complexity index is 593. The van der Waals surface area contributed by atoms with Gasteiger partial charge in [-0.2, -0.15) is 0 Å². The van der Waals surface area contributed by atoms with Gasteiger partial charge in [0.25, 0.3) is 0 Å². The van der Waals surface area contributed by atoms with Gasteiger partial charge < -0.3 is 4.90 Å². The lowest BCUT2D eigenvalue weighted by molar-refractivity contribution is 0.418. The van der Waals surface area contributed by atoms with Crippen molar-refractivity contribution in [2.75, 3.05) is 29.7 Å². The lowest BCUT2D eigenvalue weighted by Crippen LogP contribution is -2.25. The predicted molar refractivity (Wildman–Crippen MR) is 88.8 cm³/mol. The van der Waals surface area contributed by atoms with Gasteiger partial charge in [-0.05, 0) is 37.5 Å². The fraction of sp³-hybridized carbons (Fsp3) is 0.500. The molecule has 4 nitrogen and oxygen atoms in total. The van der Waals surface area contributed by atoms with Crippen LogP contribution in [0.5, 0.6) is 0 Å². The maximum atomic E-state index is 11.9. The Morgan fingerprint density at radius 3 is 2.43 bits per heavy atom. The van der Waals surface area contributed by atoms with Crippen molar-refractivity contribution in [1.29, 1.82) is 0 Å². The minimum absolute atomic E-state index is 0.252. The molecule has 0 bridgehead atoms. The number of nitrogens with zero attached hydrogens (tertiary/aromatic N) is 2. The summed E-state index contributed by atoms with van der Waals surface area (Å²) in [6.07, 6.45) is 1.79. The third-order valence-corrected chi connectivity index (χ3v) is 5.71. The van der Waals surface area contributed by atoms with Crippen molar-refractivity contribution in [3.8, 4) is 0 Å². The van der Waals surface area contributed by atoms with E-state index < -0.39 is 10.0 Å². The van der Waals surface area contributed by atoms with E-state index in [1.54, 1.807) is 0 Å². The van der Waals surface area contributed by atoms with E-state index in [1.165, 1.54) is 4.31 Å². The van der Waals surface area contributed by atoms with Crippen molar-refractivity contribution in [3.05, 3.63) is 36.4 Å². The summed E-state index contributed by atoms with van der Waals surface area (Å²) in [6.45, 7) is 10.9. The molecule has 0 saturated carbocycles. The van der Waals surface area contributed by atoms with E-state index in [9.17, 15) is 8.42 Å². The van der Waals surface area contributed by atoms with Crippen LogP contribution in [0.2, 0.25) is 0 Å². The highest BCUT2D eigenvalue weighted by atomic mass is 32.2. The van der Waals surface area contributed by atoms with Gasteiger partial charge in [-0.1, -0.05) is 25.6 Å². The quantitative estimate of drug-likeness (QED) is 0.811. The zero-order chi connectivity index (χ0) is 15.5. The minimum atomic E-state index is -3.10. The molecule has 1 saturated heterocycles. The highest BCUT2D eigenvalue weighted by molar-refractivity contribution is 7.93. The number of anilines is 1. The van der Waals surface area contributed by atoms with E-state index in [2.05, 4.69) is 25.3 Å². The van der Waals surface area contributed by atoms with Crippen LogP contribution in [0, 0.1) is 0 Å². The van der Waals surface area contributed by atoms with Gasteiger partial charge in [-0.25, -0.2) is 8.42 Å². The summed E-state index contributed by atoms with van der Waals surface area (Å²) in [7, 11) is -3.10. The van der Waals surface area contributed by atoms with E-state index in [4.69, 9.17) is 0 Å². The highest BCUT2D eigenvalue weighted by Gasteiger charge is 2.28. The molecule has 0 amide bonds. The first-order chi connectivity index (χ1) is 9.99. The number of hydrogen-bond donors (Lipinski definition) is 0. The van der Waals surface area contributed by atoms with Gasteiger partial charge in [0.1, 0.15) is 0 Å². The first-order valence-corrected chi connectivity index (χ1v) is 9.15. The Morgan fingerprint density at radius 1 is 1.29 bits per heavy atom. The smallest absolute Gasteiger partial charge is 0.235 e. The maximum absolute atomic E-state index is 11.9. The molecule has 0 atom stereocenters. The van der Waals surface area contributed by atoms with Crippen LogP contribution in [0.15, 0.2) is 30.8 Å². The average molecular weight is 308 g/mol. The number of rotatable bonds is 6. The molecule has 0 aromatic heterocycles. The molecule has 2 rings (SSSR count). The zero-order valence-electron chi connectivity index (χ0n) is 12.9. The summed E-state index contributed by atoms with van der Waals surface area (Å²) < 4.78 is 25.3. The Hall–Kier alpha value is -1.49. The molecule has 1 heterocycles. The monoisotopic (exact) mass is 308 g/mol. The molecule has 0 spiro atoms. The fourth-order valence-corrected chi connectivity index (χ4v) is 4.25. The Balaban J connectivity index is 2.17. The average Bonchev–Trinajstić information content (AvgIpc) is 2.83. The number of hydrogen-bond acceptors (Lipinski definition) is 3. The topological polar surface area (TPSA) is 40.6 Å². The van der Waals surface area contributed by atoms with Crippen LogP contribution in [0.3, 0.4) is 0 Å². The number of benzene rings is 1. The second kappa shape index (κ2) is 6.52. The van der Waals surface area contributed by atoms with Crippen molar-refractivity contribution in [3.63, 3.8) is 0 Å². The van der Waals surface area contributed by atoms with Gasteiger partial charge in [0.05, 0.1) is 11.4 Å². The zero-order valence-corrected chi connectivity index (χ0v) is 13.7. The van der Waals surface area contributed by atoms with Gasteiger partial charge in [-0.3, -0.25) is 4.31 Å². The fourth-order valence-electron chi connectivity index (χ4n) is 2.69. The molecule has 1 aromatic carbocycles. The summed E-state index contributed by atoms with van der Waals surface area (Å²) in [6, 6.07) is 7.68. The predicted octanol–water partition coefficient (Wildman–Crippen LogP) is 2.93. The van der Waals surface area contributed by atoms with E-state index in [0.29, 0.717) is 13.0 Å². The van der Waals surface area contributed by atoms with Gasteiger partial charge in [0.15, 0.2) is 0 Å². The summed E-state index contributed by atoms with van der Waals surface area (Å²) in [4.78, 5) is 2.24. The Morgan fingerprint density at radius 2 is 1.95 bits per heavy atom. The molecule has 5 heteroatoms. The van der Waals surface area contributed by atoms with E-state index in [1.807, 2.05) is 24.3 Å².